The zero-order valence-corrected chi connectivity index (χ0v) is 14.2. The quantitative estimate of drug-likeness (QED) is 0.800. The minimum absolute atomic E-state index is 0. The van der Waals surface area contributed by atoms with Crippen molar-refractivity contribution in [3.05, 3.63) is 35.9 Å². The molecule has 0 radical (unpaired) electrons. The van der Waals surface area contributed by atoms with E-state index in [4.69, 9.17) is 0 Å². The van der Waals surface area contributed by atoms with Crippen molar-refractivity contribution in [3.8, 4) is 0 Å². The van der Waals surface area contributed by atoms with E-state index in [0.717, 1.165) is 25.8 Å². The molecule has 0 aliphatic carbocycles. The molecule has 0 aromatic heterocycles. The molecule has 1 aromatic carbocycles. The highest BCUT2D eigenvalue weighted by atomic mass is 35.5. The summed E-state index contributed by atoms with van der Waals surface area (Å²) in [6.07, 6.45) is 3.18. The number of carbonyl (C=O) groups excluding carboxylic acids is 3. The van der Waals surface area contributed by atoms with Gasteiger partial charge in [-0.2, -0.15) is 0 Å². The molecular weight excluding hydrogens is 330 g/mol. The molecule has 7 heteroatoms. The summed E-state index contributed by atoms with van der Waals surface area (Å²) >= 11 is 0. The molecule has 2 saturated heterocycles. The number of nitrogens with one attached hydrogen (secondary N) is 2. The Bertz CT molecular complexity index is 602. The van der Waals surface area contributed by atoms with Crippen LogP contribution in [0, 0.1) is 0 Å². The van der Waals surface area contributed by atoms with Gasteiger partial charge in [-0.3, -0.25) is 19.7 Å². The summed E-state index contributed by atoms with van der Waals surface area (Å²) in [7, 11) is 0. The van der Waals surface area contributed by atoms with Gasteiger partial charge >= 0.3 is 0 Å². The first kappa shape index (κ1) is 18.4. The standard InChI is InChI=1S/C17H21N3O3.ClH/c21-15(12-6-2-1-3-7-12)19-16(22)14-9-5-11-20(14)17(23)13-8-4-10-18-13;/h1-3,6-7,13-14,18H,4-5,8-11H2,(H,19,21,22);1H/t13-,14-;/m0./s1. The molecule has 24 heavy (non-hydrogen) atoms. The number of hydrogen-bond acceptors (Lipinski definition) is 4. The average molecular weight is 352 g/mol. The molecular formula is C17H22ClN3O3. The number of likely N-dealkylation sites (tertiary alicyclic amines) is 1. The fraction of sp³-hybridized carbons (Fsp3) is 0.471. The zero-order valence-electron chi connectivity index (χ0n) is 13.4. The summed E-state index contributed by atoms with van der Waals surface area (Å²) in [6.45, 7) is 1.42. The average Bonchev–Trinajstić information content (AvgIpc) is 3.26. The highest BCUT2D eigenvalue weighted by molar-refractivity contribution is 6.06. The lowest BCUT2D eigenvalue weighted by Crippen LogP contribution is -2.51. The van der Waals surface area contributed by atoms with Crippen LogP contribution in [0.15, 0.2) is 30.3 Å². The van der Waals surface area contributed by atoms with E-state index in [-0.39, 0.29) is 30.3 Å². The number of hydrogen-bond donors (Lipinski definition) is 2. The molecule has 2 aliphatic rings. The second-order valence-corrected chi connectivity index (χ2v) is 6.02. The van der Waals surface area contributed by atoms with Crippen molar-refractivity contribution in [3.63, 3.8) is 0 Å². The van der Waals surface area contributed by atoms with Gasteiger partial charge in [0.15, 0.2) is 0 Å². The van der Waals surface area contributed by atoms with Crippen molar-refractivity contribution in [2.75, 3.05) is 13.1 Å². The molecule has 3 rings (SSSR count). The number of nitrogens with zero attached hydrogens (tertiary/aromatic N) is 1. The van der Waals surface area contributed by atoms with Gasteiger partial charge in [0.2, 0.25) is 11.8 Å². The summed E-state index contributed by atoms with van der Waals surface area (Å²) in [5.74, 6) is -0.830. The summed E-state index contributed by atoms with van der Waals surface area (Å²) in [4.78, 5) is 38.6. The topological polar surface area (TPSA) is 78.5 Å². The van der Waals surface area contributed by atoms with Gasteiger partial charge in [0.05, 0.1) is 6.04 Å². The lowest BCUT2D eigenvalue weighted by Gasteiger charge is -2.26. The van der Waals surface area contributed by atoms with Gasteiger partial charge in [-0.05, 0) is 44.4 Å². The van der Waals surface area contributed by atoms with E-state index in [9.17, 15) is 14.4 Å². The van der Waals surface area contributed by atoms with Crippen molar-refractivity contribution in [2.24, 2.45) is 0 Å². The van der Waals surface area contributed by atoms with Crippen LogP contribution in [0.25, 0.3) is 0 Å². The number of halogens is 1. The fourth-order valence-electron chi connectivity index (χ4n) is 3.26. The van der Waals surface area contributed by atoms with Crippen LogP contribution in [0.4, 0.5) is 0 Å². The number of imide groups is 1. The molecule has 130 valence electrons. The predicted octanol–water partition coefficient (Wildman–Crippen LogP) is 1.11. The molecule has 2 aliphatic heterocycles. The molecule has 0 spiro atoms. The summed E-state index contributed by atoms with van der Waals surface area (Å²) in [6, 6.07) is 7.88. The third kappa shape index (κ3) is 3.94. The van der Waals surface area contributed by atoms with Crippen LogP contribution in [-0.4, -0.2) is 47.8 Å². The maximum atomic E-state index is 12.5. The Morgan fingerprint density at radius 3 is 2.50 bits per heavy atom. The monoisotopic (exact) mass is 351 g/mol. The van der Waals surface area contributed by atoms with Crippen LogP contribution in [0.1, 0.15) is 36.0 Å². The Morgan fingerprint density at radius 2 is 1.83 bits per heavy atom. The summed E-state index contributed by atoms with van der Waals surface area (Å²) in [5, 5.41) is 5.59. The van der Waals surface area contributed by atoms with Gasteiger partial charge in [-0.15, -0.1) is 12.4 Å². The Hall–Kier alpha value is -1.92. The van der Waals surface area contributed by atoms with Gasteiger partial charge < -0.3 is 10.2 Å². The van der Waals surface area contributed by atoms with E-state index in [2.05, 4.69) is 10.6 Å². The maximum Gasteiger partial charge on any atom is 0.257 e. The Labute approximate surface area is 147 Å². The normalized spacial score (nSPS) is 22.8. The largest absolute Gasteiger partial charge is 0.329 e. The minimum Gasteiger partial charge on any atom is -0.329 e. The second kappa shape index (κ2) is 8.26. The second-order valence-electron chi connectivity index (χ2n) is 6.02. The van der Waals surface area contributed by atoms with Gasteiger partial charge in [0, 0.05) is 12.1 Å². The first-order valence-corrected chi connectivity index (χ1v) is 8.11. The SMILES string of the molecule is Cl.O=C(NC(=O)[C@@H]1CCCN1C(=O)[C@@H]1CCCN1)c1ccccc1. The fourth-order valence-corrected chi connectivity index (χ4v) is 3.26. The van der Waals surface area contributed by atoms with Crippen LogP contribution in [0.3, 0.4) is 0 Å². The van der Waals surface area contributed by atoms with Crippen LogP contribution in [0.5, 0.6) is 0 Å². The molecule has 0 saturated carbocycles. The predicted molar refractivity (Wildman–Crippen MR) is 91.9 cm³/mol. The van der Waals surface area contributed by atoms with Gasteiger partial charge in [-0.1, -0.05) is 18.2 Å². The van der Waals surface area contributed by atoms with Crippen LogP contribution in [-0.2, 0) is 9.59 Å². The van der Waals surface area contributed by atoms with E-state index < -0.39 is 11.9 Å². The highest BCUT2D eigenvalue weighted by Crippen LogP contribution is 2.21. The molecule has 0 unspecified atom stereocenters. The molecule has 6 nitrogen and oxygen atoms in total. The Kier molecular flexibility index (Phi) is 6.34. The van der Waals surface area contributed by atoms with E-state index in [1.807, 2.05) is 6.07 Å². The van der Waals surface area contributed by atoms with Gasteiger partial charge in [-0.25, -0.2) is 0 Å². The van der Waals surface area contributed by atoms with Crippen molar-refractivity contribution < 1.29 is 14.4 Å². The van der Waals surface area contributed by atoms with E-state index in [1.165, 1.54) is 0 Å². The lowest BCUT2D eigenvalue weighted by molar-refractivity contribution is -0.139. The molecule has 0 bridgehead atoms. The third-order valence-corrected chi connectivity index (χ3v) is 4.47. The molecule has 2 atom stereocenters. The smallest absolute Gasteiger partial charge is 0.257 e. The van der Waals surface area contributed by atoms with Crippen molar-refractivity contribution >= 4 is 30.1 Å². The van der Waals surface area contributed by atoms with Crippen LogP contribution < -0.4 is 10.6 Å². The van der Waals surface area contributed by atoms with Gasteiger partial charge in [0.25, 0.3) is 5.91 Å². The van der Waals surface area contributed by atoms with E-state index in [0.29, 0.717) is 18.5 Å². The van der Waals surface area contributed by atoms with Crippen molar-refractivity contribution in [2.45, 2.75) is 37.8 Å². The molecule has 1 aromatic rings. The van der Waals surface area contributed by atoms with Crippen molar-refractivity contribution in [1.82, 2.24) is 15.5 Å². The van der Waals surface area contributed by atoms with Gasteiger partial charge in [0.1, 0.15) is 6.04 Å². The number of rotatable bonds is 3. The van der Waals surface area contributed by atoms with Crippen LogP contribution in [0.2, 0.25) is 0 Å². The van der Waals surface area contributed by atoms with E-state index >= 15 is 0 Å². The third-order valence-electron chi connectivity index (χ3n) is 4.47. The zero-order chi connectivity index (χ0) is 16.2. The molecule has 2 N–H and O–H groups in total. The molecule has 2 heterocycles. The minimum atomic E-state index is -0.544. The highest BCUT2D eigenvalue weighted by Gasteiger charge is 2.38. The molecule has 2 fully saturated rings. The van der Waals surface area contributed by atoms with Crippen molar-refractivity contribution in [1.29, 1.82) is 0 Å². The summed E-state index contributed by atoms with van der Waals surface area (Å²) in [5.41, 5.74) is 0.439. The Morgan fingerprint density at radius 1 is 1.08 bits per heavy atom. The van der Waals surface area contributed by atoms with E-state index in [1.54, 1.807) is 29.2 Å². The first-order valence-electron chi connectivity index (χ1n) is 8.11. The number of amides is 3. The number of carbonyl (C=O) groups is 3. The summed E-state index contributed by atoms with van der Waals surface area (Å²) < 4.78 is 0. The molecule has 3 amide bonds. The first-order chi connectivity index (χ1) is 11.2. The number of benzene rings is 1. The lowest BCUT2D eigenvalue weighted by atomic mass is 10.1. The van der Waals surface area contributed by atoms with Crippen LogP contribution >= 0.6 is 12.4 Å². The Balaban J connectivity index is 0.00000208. The maximum absolute atomic E-state index is 12.5.